The molecule has 0 spiro atoms. The third kappa shape index (κ3) is 4.11. The Hall–Kier alpha value is -1.74. The Balaban J connectivity index is 1.56. The summed E-state index contributed by atoms with van der Waals surface area (Å²) in [5, 5.41) is 3.01. The lowest BCUT2D eigenvalue weighted by atomic mass is 10.1. The predicted octanol–water partition coefficient (Wildman–Crippen LogP) is 4.18. The van der Waals surface area contributed by atoms with Crippen LogP contribution >= 0.6 is 11.8 Å². The monoisotopic (exact) mass is 297 g/mol. The fourth-order valence-electron chi connectivity index (χ4n) is 2.05. The van der Waals surface area contributed by atoms with Crippen molar-refractivity contribution in [3.63, 3.8) is 0 Å². The maximum absolute atomic E-state index is 11.9. The van der Waals surface area contributed by atoms with E-state index >= 15 is 0 Å². The molecule has 0 bridgehead atoms. The zero-order valence-electron chi connectivity index (χ0n) is 12.1. The van der Waals surface area contributed by atoms with Crippen LogP contribution in [-0.4, -0.2) is 11.9 Å². The van der Waals surface area contributed by atoms with Gasteiger partial charge in [0.1, 0.15) is 0 Å². The molecule has 1 fully saturated rings. The molecule has 108 valence electrons. The molecule has 1 saturated carbocycles. The molecular weight excluding hydrogens is 278 g/mol. The van der Waals surface area contributed by atoms with E-state index in [0.29, 0.717) is 6.04 Å². The summed E-state index contributed by atoms with van der Waals surface area (Å²) in [6, 6.07) is 16.9. The Bertz CT molecular complexity index is 615. The summed E-state index contributed by atoms with van der Waals surface area (Å²) < 4.78 is 0. The summed E-state index contributed by atoms with van der Waals surface area (Å²) in [4.78, 5) is 13.2. The number of carbonyl (C=O) groups excluding carboxylic acids is 1. The van der Waals surface area contributed by atoms with Crippen molar-refractivity contribution in [3.8, 4) is 0 Å². The van der Waals surface area contributed by atoms with Gasteiger partial charge >= 0.3 is 0 Å². The van der Waals surface area contributed by atoms with E-state index in [9.17, 15) is 4.79 Å². The lowest BCUT2D eigenvalue weighted by Gasteiger charge is -2.05. The molecule has 1 amide bonds. The third-order valence-electron chi connectivity index (χ3n) is 3.56. The van der Waals surface area contributed by atoms with Gasteiger partial charge in [0.05, 0.1) is 0 Å². The Morgan fingerprint density at radius 2 is 1.76 bits per heavy atom. The predicted molar refractivity (Wildman–Crippen MR) is 87.7 cm³/mol. The van der Waals surface area contributed by atoms with Gasteiger partial charge in [-0.05, 0) is 49.6 Å². The normalized spacial score (nSPS) is 14.0. The van der Waals surface area contributed by atoms with E-state index < -0.39 is 0 Å². The molecule has 0 aliphatic heterocycles. The number of thioether (sulfide) groups is 1. The molecule has 21 heavy (non-hydrogen) atoms. The molecule has 2 nitrogen and oxygen atoms in total. The lowest BCUT2D eigenvalue weighted by molar-refractivity contribution is 0.0951. The first-order chi connectivity index (χ1) is 10.2. The Morgan fingerprint density at radius 1 is 1.10 bits per heavy atom. The average molecular weight is 297 g/mol. The van der Waals surface area contributed by atoms with E-state index in [1.165, 1.54) is 16.0 Å². The summed E-state index contributed by atoms with van der Waals surface area (Å²) in [7, 11) is 0. The van der Waals surface area contributed by atoms with Crippen molar-refractivity contribution < 1.29 is 4.79 Å². The molecule has 2 aromatic rings. The molecule has 1 N–H and O–H groups in total. The first-order valence-corrected chi connectivity index (χ1v) is 8.28. The minimum atomic E-state index is 0.0511. The van der Waals surface area contributed by atoms with Crippen molar-refractivity contribution in [1.82, 2.24) is 5.32 Å². The summed E-state index contributed by atoms with van der Waals surface area (Å²) in [5.41, 5.74) is 3.28. The van der Waals surface area contributed by atoms with Gasteiger partial charge in [-0.1, -0.05) is 29.8 Å². The molecule has 0 saturated heterocycles. The van der Waals surface area contributed by atoms with E-state index in [2.05, 4.69) is 36.5 Å². The number of nitrogens with one attached hydrogen (secondary N) is 1. The fourth-order valence-corrected chi connectivity index (χ4v) is 2.90. The van der Waals surface area contributed by atoms with Crippen LogP contribution in [0.15, 0.2) is 53.4 Å². The fraction of sp³-hybridized carbons (Fsp3) is 0.278. The van der Waals surface area contributed by atoms with Gasteiger partial charge in [0, 0.05) is 22.3 Å². The van der Waals surface area contributed by atoms with Crippen molar-refractivity contribution >= 4 is 17.7 Å². The van der Waals surface area contributed by atoms with Crippen LogP contribution in [-0.2, 0) is 5.75 Å². The van der Waals surface area contributed by atoms with Crippen molar-refractivity contribution in [1.29, 1.82) is 0 Å². The molecule has 2 aromatic carbocycles. The standard InChI is InChI=1S/C18H19NOS/c1-13-2-10-17(11-3-13)21-12-14-4-6-15(7-5-14)18(20)19-16-8-9-16/h2-7,10-11,16H,8-9,12H2,1H3,(H,19,20). The highest BCUT2D eigenvalue weighted by molar-refractivity contribution is 7.98. The van der Waals surface area contributed by atoms with Gasteiger partial charge in [-0.25, -0.2) is 0 Å². The number of carbonyl (C=O) groups is 1. The van der Waals surface area contributed by atoms with Crippen LogP contribution in [0.3, 0.4) is 0 Å². The van der Waals surface area contributed by atoms with Gasteiger partial charge in [0.25, 0.3) is 5.91 Å². The second-order valence-electron chi connectivity index (χ2n) is 5.55. The van der Waals surface area contributed by atoms with Crippen LogP contribution in [0.5, 0.6) is 0 Å². The van der Waals surface area contributed by atoms with Gasteiger partial charge in [0.2, 0.25) is 0 Å². The molecule has 0 unspecified atom stereocenters. The minimum absolute atomic E-state index is 0.0511. The van der Waals surface area contributed by atoms with Gasteiger partial charge < -0.3 is 5.32 Å². The minimum Gasteiger partial charge on any atom is -0.349 e. The first kappa shape index (κ1) is 14.2. The Morgan fingerprint density at radius 3 is 2.38 bits per heavy atom. The van der Waals surface area contributed by atoms with Crippen LogP contribution in [0.25, 0.3) is 0 Å². The molecule has 1 aliphatic rings. The average Bonchev–Trinajstić information content (AvgIpc) is 3.31. The number of hydrogen-bond acceptors (Lipinski definition) is 2. The topological polar surface area (TPSA) is 29.1 Å². The summed E-state index contributed by atoms with van der Waals surface area (Å²) >= 11 is 1.82. The second-order valence-corrected chi connectivity index (χ2v) is 6.60. The Labute approximate surface area is 130 Å². The first-order valence-electron chi connectivity index (χ1n) is 7.30. The van der Waals surface area contributed by atoms with Crippen molar-refractivity contribution in [2.75, 3.05) is 0 Å². The number of hydrogen-bond donors (Lipinski definition) is 1. The molecule has 0 radical (unpaired) electrons. The van der Waals surface area contributed by atoms with Crippen molar-refractivity contribution in [2.24, 2.45) is 0 Å². The smallest absolute Gasteiger partial charge is 0.251 e. The molecule has 3 heteroatoms. The number of benzene rings is 2. The van der Waals surface area contributed by atoms with Crippen molar-refractivity contribution in [2.45, 2.75) is 36.5 Å². The largest absolute Gasteiger partial charge is 0.349 e. The number of amides is 1. The number of aryl methyl sites for hydroxylation is 1. The van der Waals surface area contributed by atoms with E-state index in [4.69, 9.17) is 0 Å². The van der Waals surface area contributed by atoms with Crippen LogP contribution < -0.4 is 5.32 Å². The SMILES string of the molecule is Cc1ccc(SCc2ccc(C(=O)NC3CC3)cc2)cc1. The lowest BCUT2D eigenvalue weighted by Crippen LogP contribution is -2.25. The van der Waals surface area contributed by atoms with Gasteiger partial charge in [-0.2, -0.15) is 0 Å². The van der Waals surface area contributed by atoms with Crippen molar-refractivity contribution in [3.05, 3.63) is 65.2 Å². The highest BCUT2D eigenvalue weighted by Crippen LogP contribution is 2.23. The van der Waals surface area contributed by atoms with Gasteiger partial charge in [-0.3, -0.25) is 4.79 Å². The highest BCUT2D eigenvalue weighted by atomic mass is 32.2. The molecule has 0 atom stereocenters. The maximum Gasteiger partial charge on any atom is 0.251 e. The quantitative estimate of drug-likeness (QED) is 0.839. The zero-order chi connectivity index (χ0) is 14.7. The zero-order valence-corrected chi connectivity index (χ0v) is 13.0. The Kier molecular flexibility index (Phi) is 4.30. The summed E-state index contributed by atoms with van der Waals surface area (Å²) in [6.45, 7) is 2.10. The van der Waals surface area contributed by atoms with Gasteiger partial charge in [-0.15, -0.1) is 11.8 Å². The molecular formula is C18H19NOS. The summed E-state index contributed by atoms with van der Waals surface area (Å²) in [6.07, 6.45) is 2.24. The molecule has 0 aromatic heterocycles. The van der Waals surface area contributed by atoms with Gasteiger partial charge in [0.15, 0.2) is 0 Å². The van der Waals surface area contributed by atoms with Crippen LogP contribution in [0.2, 0.25) is 0 Å². The van der Waals surface area contributed by atoms with E-state index in [1.807, 2.05) is 36.0 Å². The molecule has 0 heterocycles. The molecule has 3 rings (SSSR count). The van der Waals surface area contributed by atoms with E-state index in [-0.39, 0.29) is 5.91 Å². The highest BCUT2D eigenvalue weighted by Gasteiger charge is 2.23. The number of rotatable bonds is 5. The molecule has 1 aliphatic carbocycles. The maximum atomic E-state index is 11.9. The summed E-state index contributed by atoms with van der Waals surface area (Å²) in [5.74, 6) is 0.975. The van der Waals surface area contributed by atoms with Crippen LogP contribution in [0, 0.1) is 6.92 Å². The van der Waals surface area contributed by atoms with Crippen LogP contribution in [0.1, 0.15) is 34.3 Å². The van der Waals surface area contributed by atoms with Crippen LogP contribution in [0.4, 0.5) is 0 Å². The second kappa shape index (κ2) is 6.35. The van der Waals surface area contributed by atoms with E-state index in [1.54, 1.807) is 0 Å². The van der Waals surface area contributed by atoms with E-state index in [0.717, 1.165) is 24.2 Å². The third-order valence-corrected chi connectivity index (χ3v) is 4.64.